The number of carbonyl (C=O) groups excluding carboxylic acids is 1. The molecule has 1 aromatic rings. The number of halogens is 2. The quantitative estimate of drug-likeness (QED) is 0.792. The third kappa shape index (κ3) is 4.46. The summed E-state index contributed by atoms with van der Waals surface area (Å²) in [7, 11) is 1.61. The van der Waals surface area contributed by atoms with Crippen molar-refractivity contribution in [3.8, 4) is 0 Å². The van der Waals surface area contributed by atoms with Crippen LogP contribution in [0.15, 0.2) is 18.2 Å². The Morgan fingerprint density at radius 1 is 1.50 bits per heavy atom. The van der Waals surface area contributed by atoms with Gasteiger partial charge in [-0.25, -0.2) is 0 Å². The minimum absolute atomic E-state index is 0.282. The van der Waals surface area contributed by atoms with E-state index in [1.165, 1.54) is 0 Å². The average molecular weight is 291 g/mol. The van der Waals surface area contributed by atoms with E-state index in [2.05, 4.69) is 5.32 Å². The maximum absolute atomic E-state index is 11.8. The zero-order valence-electron chi connectivity index (χ0n) is 10.1. The molecule has 6 heteroatoms. The highest BCUT2D eigenvalue weighted by molar-refractivity contribution is 6.44. The van der Waals surface area contributed by atoms with Crippen LogP contribution in [-0.2, 0) is 9.53 Å². The van der Waals surface area contributed by atoms with E-state index in [9.17, 15) is 4.79 Å². The van der Waals surface area contributed by atoms with Crippen LogP contribution in [0.2, 0.25) is 10.0 Å². The topological polar surface area (TPSA) is 64.3 Å². The van der Waals surface area contributed by atoms with Crippen LogP contribution in [0.1, 0.15) is 12.8 Å². The number of amides is 1. The van der Waals surface area contributed by atoms with Gasteiger partial charge in [0.05, 0.1) is 21.8 Å². The average Bonchev–Trinajstić information content (AvgIpc) is 2.35. The first kappa shape index (κ1) is 15.2. The summed E-state index contributed by atoms with van der Waals surface area (Å²) in [4.78, 5) is 11.8. The van der Waals surface area contributed by atoms with Crippen LogP contribution in [0.3, 0.4) is 0 Å². The summed E-state index contributed by atoms with van der Waals surface area (Å²) in [6, 6.07) is 4.45. The van der Waals surface area contributed by atoms with E-state index in [0.717, 1.165) is 6.42 Å². The van der Waals surface area contributed by atoms with Crippen molar-refractivity contribution in [2.75, 3.05) is 19.0 Å². The second kappa shape index (κ2) is 7.59. The zero-order chi connectivity index (χ0) is 13.5. The smallest absolute Gasteiger partial charge is 0.241 e. The predicted molar refractivity (Wildman–Crippen MR) is 74.2 cm³/mol. The second-order valence-corrected chi connectivity index (χ2v) is 4.62. The molecule has 18 heavy (non-hydrogen) atoms. The Labute approximate surface area is 116 Å². The molecule has 0 aliphatic rings. The van der Waals surface area contributed by atoms with Crippen LogP contribution in [0, 0.1) is 0 Å². The Morgan fingerprint density at radius 2 is 2.22 bits per heavy atom. The molecule has 3 N–H and O–H groups in total. The van der Waals surface area contributed by atoms with Crippen molar-refractivity contribution in [1.82, 2.24) is 0 Å². The predicted octanol–water partition coefficient (Wildman–Crippen LogP) is 2.69. The monoisotopic (exact) mass is 290 g/mol. The normalized spacial score (nSPS) is 12.2. The Morgan fingerprint density at radius 3 is 2.89 bits per heavy atom. The number of methoxy groups -OCH3 is 1. The van der Waals surface area contributed by atoms with E-state index in [-0.39, 0.29) is 5.91 Å². The number of ether oxygens (including phenoxy) is 1. The maximum Gasteiger partial charge on any atom is 0.241 e. The van der Waals surface area contributed by atoms with E-state index < -0.39 is 6.04 Å². The Balaban J connectivity index is 2.56. The zero-order valence-corrected chi connectivity index (χ0v) is 11.6. The number of anilines is 1. The number of nitrogens with two attached hydrogens (primary N) is 1. The highest BCUT2D eigenvalue weighted by atomic mass is 35.5. The number of benzene rings is 1. The highest BCUT2D eigenvalue weighted by Crippen LogP contribution is 2.29. The first-order valence-electron chi connectivity index (χ1n) is 5.55. The molecule has 0 aliphatic heterocycles. The Hall–Kier alpha value is -0.810. The number of carbonyl (C=O) groups is 1. The van der Waals surface area contributed by atoms with Crippen molar-refractivity contribution in [3.63, 3.8) is 0 Å². The minimum atomic E-state index is -0.588. The molecule has 0 fully saturated rings. The lowest BCUT2D eigenvalue weighted by Gasteiger charge is -2.13. The Kier molecular flexibility index (Phi) is 6.43. The molecule has 0 aliphatic carbocycles. The van der Waals surface area contributed by atoms with Gasteiger partial charge in [-0.15, -0.1) is 0 Å². The summed E-state index contributed by atoms with van der Waals surface area (Å²) in [5.41, 5.74) is 6.22. The highest BCUT2D eigenvalue weighted by Gasteiger charge is 2.15. The summed E-state index contributed by atoms with van der Waals surface area (Å²) in [5, 5.41) is 3.36. The third-order valence-corrected chi connectivity index (χ3v) is 3.23. The van der Waals surface area contributed by atoms with Gasteiger partial charge in [-0.1, -0.05) is 29.3 Å². The van der Waals surface area contributed by atoms with Gasteiger partial charge in [-0.05, 0) is 25.0 Å². The summed E-state index contributed by atoms with van der Waals surface area (Å²) in [6.45, 7) is 0.582. The molecule has 1 unspecified atom stereocenters. The van der Waals surface area contributed by atoms with Crippen LogP contribution < -0.4 is 11.1 Å². The molecular weight excluding hydrogens is 275 g/mol. The van der Waals surface area contributed by atoms with Crippen LogP contribution >= 0.6 is 23.2 Å². The minimum Gasteiger partial charge on any atom is -0.385 e. The van der Waals surface area contributed by atoms with Crippen LogP contribution in [0.25, 0.3) is 0 Å². The fourth-order valence-corrected chi connectivity index (χ4v) is 1.75. The van der Waals surface area contributed by atoms with Gasteiger partial charge in [0, 0.05) is 13.7 Å². The van der Waals surface area contributed by atoms with Crippen LogP contribution in [-0.4, -0.2) is 25.7 Å². The molecule has 0 saturated heterocycles. The number of rotatable bonds is 6. The molecule has 0 heterocycles. The van der Waals surface area contributed by atoms with Crippen molar-refractivity contribution in [1.29, 1.82) is 0 Å². The van der Waals surface area contributed by atoms with E-state index in [4.69, 9.17) is 33.7 Å². The molecule has 100 valence electrons. The van der Waals surface area contributed by atoms with Crippen molar-refractivity contribution >= 4 is 34.8 Å². The largest absolute Gasteiger partial charge is 0.385 e. The fraction of sp³-hybridized carbons (Fsp3) is 0.417. The van der Waals surface area contributed by atoms with Gasteiger partial charge in [-0.3, -0.25) is 4.79 Å². The van der Waals surface area contributed by atoms with Gasteiger partial charge in [0.25, 0.3) is 0 Å². The summed E-state index contributed by atoms with van der Waals surface area (Å²) < 4.78 is 4.90. The van der Waals surface area contributed by atoms with Gasteiger partial charge in [0.1, 0.15) is 0 Å². The first-order valence-corrected chi connectivity index (χ1v) is 6.31. The third-order valence-electron chi connectivity index (χ3n) is 2.41. The number of hydrogen-bond acceptors (Lipinski definition) is 3. The lowest BCUT2D eigenvalue weighted by Crippen LogP contribution is -2.35. The van der Waals surface area contributed by atoms with E-state index in [1.54, 1.807) is 25.3 Å². The number of nitrogens with one attached hydrogen (secondary N) is 1. The molecule has 1 atom stereocenters. The van der Waals surface area contributed by atoms with Crippen molar-refractivity contribution < 1.29 is 9.53 Å². The molecule has 1 aromatic carbocycles. The molecule has 1 amide bonds. The molecule has 0 aromatic heterocycles. The Bertz CT molecular complexity index is 413. The molecule has 0 radical (unpaired) electrons. The summed E-state index contributed by atoms with van der Waals surface area (Å²) in [5.74, 6) is -0.282. The lowest BCUT2D eigenvalue weighted by molar-refractivity contribution is -0.117. The molecule has 0 spiro atoms. The van der Waals surface area contributed by atoms with E-state index in [0.29, 0.717) is 28.8 Å². The molecular formula is C12H16Cl2N2O2. The van der Waals surface area contributed by atoms with Gasteiger partial charge < -0.3 is 15.8 Å². The van der Waals surface area contributed by atoms with E-state index >= 15 is 0 Å². The van der Waals surface area contributed by atoms with Crippen molar-refractivity contribution in [3.05, 3.63) is 28.2 Å². The molecule has 4 nitrogen and oxygen atoms in total. The maximum atomic E-state index is 11.8. The van der Waals surface area contributed by atoms with Crippen LogP contribution in [0.5, 0.6) is 0 Å². The first-order chi connectivity index (χ1) is 8.56. The van der Waals surface area contributed by atoms with Crippen molar-refractivity contribution in [2.45, 2.75) is 18.9 Å². The van der Waals surface area contributed by atoms with Gasteiger partial charge >= 0.3 is 0 Å². The molecule has 1 rings (SSSR count). The standard InChI is InChI=1S/C12H16Cl2N2O2/c1-18-7-3-5-9(15)12(17)16-10-6-2-4-8(13)11(10)14/h2,4,6,9H,3,5,7,15H2,1H3,(H,16,17). The van der Waals surface area contributed by atoms with Gasteiger partial charge in [0.15, 0.2) is 0 Å². The molecule has 0 bridgehead atoms. The summed E-state index contributed by atoms with van der Waals surface area (Å²) in [6.07, 6.45) is 1.28. The second-order valence-electron chi connectivity index (χ2n) is 3.83. The van der Waals surface area contributed by atoms with Gasteiger partial charge in [-0.2, -0.15) is 0 Å². The lowest BCUT2D eigenvalue weighted by atomic mass is 10.1. The van der Waals surface area contributed by atoms with Crippen molar-refractivity contribution in [2.24, 2.45) is 5.73 Å². The fourth-order valence-electron chi connectivity index (χ4n) is 1.40. The summed E-state index contributed by atoms with van der Waals surface area (Å²) >= 11 is 11.8. The van der Waals surface area contributed by atoms with Gasteiger partial charge in [0.2, 0.25) is 5.91 Å². The van der Waals surface area contributed by atoms with Crippen LogP contribution in [0.4, 0.5) is 5.69 Å². The number of hydrogen-bond donors (Lipinski definition) is 2. The SMILES string of the molecule is COCCCC(N)C(=O)Nc1cccc(Cl)c1Cl. The molecule has 0 saturated carbocycles. The van der Waals surface area contributed by atoms with E-state index in [1.807, 2.05) is 0 Å².